The van der Waals surface area contributed by atoms with E-state index in [9.17, 15) is 18.8 Å². The van der Waals surface area contributed by atoms with Gasteiger partial charge < -0.3 is 20.1 Å². The third kappa shape index (κ3) is 4.65. The fourth-order valence-corrected chi connectivity index (χ4v) is 4.63. The Hall–Kier alpha value is -3.68. The van der Waals surface area contributed by atoms with Crippen LogP contribution in [0.5, 0.6) is 0 Å². The number of benzene rings is 2. The molecule has 0 bridgehead atoms. The largest absolute Gasteiger partial charge is 0.354 e. The van der Waals surface area contributed by atoms with Gasteiger partial charge in [0.1, 0.15) is 17.1 Å². The molecule has 35 heavy (non-hydrogen) atoms. The zero-order valence-electron chi connectivity index (χ0n) is 20.5. The van der Waals surface area contributed by atoms with Gasteiger partial charge in [-0.25, -0.2) is 4.39 Å². The second-order valence-electron chi connectivity index (χ2n) is 9.74. The molecule has 3 amide bonds. The Morgan fingerprint density at radius 3 is 2.51 bits per heavy atom. The molecule has 0 spiro atoms. The first-order valence-corrected chi connectivity index (χ1v) is 11.9. The molecule has 7 nitrogen and oxygen atoms in total. The number of amides is 3. The zero-order chi connectivity index (χ0) is 25.3. The van der Waals surface area contributed by atoms with Crippen molar-refractivity contribution < 1.29 is 18.8 Å². The number of hydrogen-bond acceptors (Lipinski definition) is 3. The predicted octanol–water partition coefficient (Wildman–Crippen LogP) is 4.32. The van der Waals surface area contributed by atoms with Crippen LogP contribution in [0, 0.1) is 11.7 Å². The predicted molar refractivity (Wildman–Crippen MR) is 133 cm³/mol. The summed E-state index contributed by atoms with van der Waals surface area (Å²) in [5.74, 6) is -1.08. The van der Waals surface area contributed by atoms with Crippen molar-refractivity contribution in [1.29, 1.82) is 0 Å². The van der Waals surface area contributed by atoms with Crippen molar-refractivity contribution in [1.82, 2.24) is 14.8 Å². The number of nitrogens with one attached hydrogen (secondary N) is 2. The van der Waals surface area contributed by atoms with Gasteiger partial charge in [-0.05, 0) is 43.0 Å². The van der Waals surface area contributed by atoms with Crippen molar-refractivity contribution in [3.63, 3.8) is 0 Å². The number of hydrogen-bond donors (Lipinski definition) is 2. The molecule has 2 heterocycles. The molecule has 8 heteroatoms. The Morgan fingerprint density at radius 2 is 1.86 bits per heavy atom. The van der Waals surface area contributed by atoms with Gasteiger partial charge in [0.15, 0.2) is 0 Å². The molecule has 1 aliphatic heterocycles. The molecule has 1 aliphatic rings. The summed E-state index contributed by atoms with van der Waals surface area (Å²) >= 11 is 0. The number of anilines is 1. The summed E-state index contributed by atoms with van der Waals surface area (Å²) in [6.45, 7) is 8.15. The van der Waals surface area contributed by atoms with Gasteiger partial charge in [0.05, 0.1) is 17.7 Å². The number of carbonyl (C=O) groups excluding carboxylic acids is 3. The van der Waals surface area contributed by atoms with Crippen LogP contribution in [0.4, 0.5) is 10.1 Å². The van der Waals surface area contributed by atoms with Crippen LogP contribution in [-0.4, -0.2) is 39.3 Å². The van der Waals surface area contributed by atoms with E-state index in [1.165, 1.54) is 19.1 Å². The van der Waals surface area contributed by atoms with E-state index in [2.05, 4.69) is 24.5 Å². The molecule has 2 aromatic carbocycles. The van der Waals surface area contributed by atoms with Crippen LogP contribution in [0.3, 0.4) is 0 Å². The lowest BCUT2D eigenvalue weighted by Crippen LogP contribution is -2.63. The van der Waals surface area contributed by atoms with Crippen LogP contribution < -0.4 is 10.6 Å². The maximum Gasteiger partial charge on any atom is 0.273 e. The van der Waals surface area contributed by atoms with Crippen LogP contribution in [0.15, 0.2) is 48.5 Å². The summed E-state index contributed by atoms with van der Waals surface area (Å²) in [5.41, 5.74) is 0.754. The Kier molecular flexibility index (Phi) is 6.65. The maximum absolute atomic E-state index is 14.2. The summed E-state index contributed by atoms with van der Waals surface area (Å²) in [6.07, 6.45) is 0.818. The van der Waals surface area contributed by atoms with Crippen LogP contribution in [-0.2, 0) is 22.7 Å². The topological polar surface area (TPSA) is 83.4 Å². The number of aromatic nitrogens is 1. The Labute approximate surface area is 204 Å². The molecule has 0 saturated carbocycles. The van der Waals surface area contributed by atoms with Crippen LogP contribution in [0.1, 0.15) is 50.2 Å². The maximum atomic E-state index is 14.2. The summed E-state index contributed by atoms with van der Waals surface area (Å²) in [5, 5.41) is 6.16. The SMILES string of the molecule is CC(=O)Nc1c2n(c3ccc(F)cc13)C[C@@](C)(C(=O)NCCC(C)C)N(Cc1ccccc1)C2=O. The van der Waals surface area contributed by atoms with E-state index in [0.29, 0.717) is 23.4 Å². The zero-order valence-corrected chi connectivity index (χ0v) is 20.5. The fourth-order valence-electron chi connectivity index (χ4n) is 4.63. The van der Waals surface area contributed by atoms with Gasteiger partial charge in [-0.15, -0.1) is 0 Å². The van der Waals surface area contributed by atoms with Gasteiger partial charge in [-0.2, -0.15) is 0 Å². The lowest BCUT2D eigenvalue weighted by Gasteiger charge is -2.44. The van der Waals surface area contributed by atoms with Gasteiger partial charge in [0, 0.05) is 25.4 Å². The number of fused-ring (bicyclic) bond motifs is 3. The van der Waals surface area contributed by atoms with E-state index in [0.717, 1.165) is 12.0 Å². The van der Waals surface area contributed by atoms with Gasteiger partial charge in [-0.1, -0.05) is 44.2 Å². The molecule has 0 aliphatic carbocycles. The summed E-state index contributed by atoms with van der Waals surface area (Å²) < 4.78 is 15.9. The summed E-state index contributed by atoms with van der Waals surface area (Å²) in [7, 11) is 0. The van der Waals surface area contributed by atoms with Crippen molar-refractivity contribution in [2.45, 2.75) is 52.7 Å². The van der Waals surface area contributed by atoms with Crippen LogP contribution in [0.25, 0.3) is 10.9 Å². The van der Waals surface area contributed by atoms with Crippen LogP contribution in [0.2, 0.25) is 0 Å². The minimum atomic E-state index is -1.20. The molecule has 0 fully saturated rings. The number of rotatable bonds is 7. The van der Waals surface area contributed by atoms with E-state index < -0.39 is 17.3 Å². The molecule has 184 valence electrons. The van der Waals surface area contributed by atoms with Crippen molar-refractivity contribution in [2.75, 3.05) is 11.9 Å². The molecule has 1 aromatic heterocycles. The van der Waals surface area contributed by atoms with Crippen molar-refractivity contribution in [3.05, 3.63) is 65.6 Å². The van der Waals surface area contributed by atoms with E-state index >= 15 is 0 Å². The first-order chi connectivity index (χ1) is 16.6. The fraction of sp³-hybridized carbons (Fsp3) is 0.370. The number of halogens is 1. The standard InChI is InChI=1S/C27H31FN4O3/c1-17(2)12-13-29-26(35)27(4)16-31-22-11-10-20(28)14-21(22)23(30-18(3)33)24(31)25(34)32(27)15-19-8-6-5-7-9-19/h5-11,14,17H,12-13,15-16H2,1-4H3,(H,29,35)(H,30,33)/t27-/m0/s1. The first kappa shape index (κ1) is 24.4. The molecule has 1 atom stereocenters. The smallest absolute Gasteiger partial charge is 0.273 e. The average molecular weight is 479 g/mol. The molecule has 3 aromatic rings. The lowest BCUT2D eigenvalue weighted by atomic mass is 9.93. The quantitative estimate of drug-likeness (QED) is 0.531. The molecule has 0 unspecified atom stereocenters. The van der Waals surface area contributed by atoms with Gasteiger partial charge in [-0.3, -0.25) is 14.4 Å². The summed E-state index contributed by atoms with van der Waals surface area (Å²) in [4.78, 5) is 41.2. The lowest BCUT2D eigenvalue weighted by molar-refractivity contribution is -0.133. The second kappa shape index (κ2) is 9.52. The molecule has 0 radical (unpaired) electrons. The highest BCUT2D eigenvalue weighted by molar-refractivity contribution is 6.14. The number of carbonyl (C=O) groups is 3. The molecular formula is C27H31FN4O3. The van der Waals surface area contributed by atoms with Gasteiger partial charge in [0.2, 0.25) is 11.8 Å². The normalized spacial score (nSPS) is 17.5. The Morgan fingerprint density at radius 1 is 1.14 bits per heavy atom. The third-order valence-corrected chi connectivity index (χ3v) is 6.52. The van der Waals surface area contributed by atoms with Crippen molar-refractivity contribution in [2.24, 2.45) is 5.92 Å². The van der Waals surface area contributed by atoms with E-state index in [1.807, 2.05) is 30.3 Å². The third-order valence-electron chi connectivity index (χ3n) is 6.52. The molecule has 2 N–H and O–H groups in total. The highest BCUT2D eigenvalue weighted by atomic mass is 19.1. The van der Waals surface area contributed by atoms with Gasteiger partial charge in [0.25, 0.3) is 5.91 Å². The van der Waals surface area contributed by atoms with Gasteiger partial charge >= 0.3 is 0 Å². The molecule has 4 rings (SSSR count). The minimum Gasteiger partial charge on any atom is -0.354 e. The molecular weight excluding hydrogens is 447 g/mol. The van der Waals surface area contributed by atoms with E-state index in [1.54, 1.807) is 22.5 Å². The molecule has 0 saturated heterocycles. The number of nitrogens with zero attached hydrogens (tertiary/aromatic N) is 2. The minimum absolute atomic E-state index is 0.163. The summed E-state index contributed by atoms with van der Waals surface area (Å²) in [6, 6.07) is 13.7. The highest BCUT2D eigenvalue weighted by Crippen LogP contribution is 2.39. The van der Waals surface area contributed by atoms with E-state index in [4.69, 9.17) is 0 Å². The first-order valence-electron chi connectivity index (χ1n) is 11.9. The monoisotopic (exact) mass is 478 g/mol. The van der Waals surface area contributed by atoms with Crippen molar-refractivity contribution >= 4 is 34.3 Å². The second-order valence-corrected chi connectivity index (χ2v) is 9.74. The average Bonchev–Trinajstić information content (AvgIpc) is 3.08. The van der Waals surface area contributed by atoms with E-state index in [-0.39, 0.29) is 36.3 Å². The highest BCUT2D eigenvalue weighted by Gasteiger charge is 2.48. The van der Waals surface area contributed by atoms with Crippen LogP contribution >= 0.6 is 0 Å². The Bertz CT molecular complexity index is 1280. The Balaban J connectivity index is 1.86. The van der Waals surface area contributed by atoms with Crippen molar-refractivity contribution in [3.8, 4) is 0 Å².